The van der Waals surface area contributed by atoms with Crippen LogP contribution in [0.5, 0.6) is 11.5 Å². The Morgan fingerprint density at radius 1 is 0.906 bits per heavy atom. The first-order valence-electron chi connectivity index (χ1n) is 11.0. The first kappa shape index (κ1) is 23.2. The lowest BCUT2D eigenvalue weighted by Gasteiger charge is -2.29. The van der Waals surface area contributed by atoms with E-state index in [9.17, 15) is 4.79 Å². The molecule has 0 bridgehead atoms. The summed E-state index contributed by atoms with van der Waals surface area (Å²) in [6.45, 7) is 5.62. The van der Waals surface area contributed by atoms with Crippen molar-refractivity contribution in [1.29, 1.82) is 0 Å². The first-order chi connectivity index (χ1) is 15.6. The van der Waals surface area contributed by atoms with Crippen molar-refractivity contribution in [1.82, 2.24) is 10.2 Å². The number of methoxy groups -OCH3 is 1. The summed E-state index contributed by atoms with van der Waals surface area (Å²) in [6, 6.07) is 25.8. The van der Waals surface area contributed by atoms with E-state index in [0.29, 0.717) is 31.2 Å². The topological polar surface area (TPSA) is 50.8 Å². The van der Waals surface area contributed by atoms with Crippen molar-refractivity contribution in [3.8, 4) is 11.5 Å². The number of nitrogens with one attached hydrogen (secondary N) is 1. The molecule has 3 aromatic rings. The zero-order valence-corrected chi connectivity index (χ0v) is 19.1. The third kappa shape index (κ3) is 6.51. The fourth-order valence-corrected chi connectivity index (χ4v) is 3.38. The Labute approximate surface area is 191 Å². The second-order valence-corrected chi connectivity index (χ2v) is 7.79. The summed E-state index contributed by atoms with van der Waals surface area (Å²) >= 11 is 0. The Hall–Kier alpha value is -3.47. The molecule has 0 heterocycles. The minimum atomic E-state index is -0.0772. The number of hydrogen-bond acceptors (Lipinski definition) is 3. The lowest BCUT2D eigenvalue weighted by Crippen LogP contribution is -2.44. The van der Waals surface area contributed by atoms with Crippen molar-refractivity contribution in [2.24, 2.45) is 0 Å². The van der Waals surface area contributed by atoms with Gasteiger partial charge in [0.2, 0.25) is 0 Å². The van der Waals surface area contributed by atoms with E-state index >= 15 is 0 Å². The molecular weight excluding hydrogens is 400 g/mol. The van der Waals surface area contributed by atoms with Gasteiger partial charge >= 0.3 is 6.03 Å². The Morgan fingerprint density at radius 2 is 1.56 bits per heavy atom. The van der Waals surface area contributed by atoms with E-state index in [2.05, 4.69) is 19.2 Å². The van der Waals surface area contributed by atoms with Crippen LogP contribution in [0.2, 0.25) is 0 Å². The molecule has 32 heavy (non-hydrogen) atoms. The van der Waals surface area contributed by atoms with Gasteiger partial charge in [-0.2, -0.15) is 0 Å². The quantitative estimate of drug-likeness (QED) is 0.441. The Morgan fingerprint density at radius 3 is 2.19 bits per heavy atom. The highest BCUT2D eigenvalue weighted by atomic mass is 16.5. The number of ether oxygens (including phenoxy) is 2. The Bertz CT molecular complexity index is 977. The van der Waals surface area contributed by atoms with Crippen LogP contribution >= 0.6 is 0 Å². The van der Waals surface area contributed by atoms with Crippen molar-refractivity contribution in [3.05, 3.63) is 95.6 Å². The lowest BCUT2D eigenvalue weighted by molar-refractivity contribution is 0.172. The molecule has 0 radical (unpaired) electrons. The fraction of sp³-hybridized carbons (Fsp3) is 0.296. The van der Waals surface area contributed by atoms with Gasteiger partial charge in [0.25, 0.3) is 0 Å². The van der Waals surface area contributed by atoms with E-state index in [4.69, 9.17) is 9.47 Å². The van der Waals surface area contributed by atoms with Crippen molar-refractivity contribution in [2.75, 3.05) is 7.11 Å². The number of nitrogens with zero attached hydrogens (tertiary/aromatic N) is 1. The van der Waals surface area contributed by atoms with Gasteiger partial charge in [-0.1, -0.05) is 73.7 Å². The normalized spacial score (nSPS) is 11.5. The van der Waals surface area contributed by atoms with Crippen LogP contribution in [0.3, 0.4) is 0 Å². The summed E-state index contributed by atoms with van der Waals surface area (Å²) in [5.41, 5.74) is 3.16. The van der Waals surface area contributed by atoms with E-state index in [-0.39, 0.29) is 12.1 Å². The van der Waals surface area contributed by atoms with Crippen LogP contribution in [0.4, 0.5) is 4.79 Å². The molecule has 3 aromatic carbocycles. The standard InChI is InChI=1S/C27H32N2O3/c1-4-21(2)29(27(30)28-18-22-11-7-5-8-12-22)19-24-15-16-25(26(17-24)31-3)32-20-23-13-9-6-10-14-23/h5-17,21H,4,18-20H2,1-3H3,(H,28,30). The zero-order chi connectivity index (χ0) is 22.8. The van der Waals surface area contributed by atoms with Crippen LogP contribution in [0.15, 0.2) is 78.9 Å². The molecule has 1 atom stereocenters. The zero-order valence-electron chi connectivity index (χ0n) is 19.1. The van der Waals surface area contributed by atoms with Crippen LogP contribution in [-0.2, 0) is 19.7 Å². The molecule has 0 spiro atoms. The minimum Gasteiger partial charge on any atom is -0.493 e. The maximum atomic E-state index is 13.0. The van der Waals surface area contributed by atoms with Gasteiger partial charge in [0.1, 0.15) is 6.61 Å². The summed E-state index contributed by atoms with van der Waals surface area (Å²) in [6.07, 6.45) is 0.869. The molecule has 0 aliphatic heterocycles. The molecule has 1 N–H and O–H groups in total. The molecule has 2 amide bonds. The molecule has 1 unspecified atom stereocenters. The molecule has 0 saturated carbocycles. The van der Waals surface area contributed by atoms with Gasteiger partial charge in [-0.05, 0) is 42.2 Å². The molecule has 0 fully saturated rings. The van der Waals surface area contributed by atoms with Crippen molar-refractivity contribution in [2.45, 2.75) is 46.0 Å². The molecule has 3 rings (SSSR count). The number of amides is 2. The monoisotopic (exact) mass is 432 g/mol. The summed E-state index contributed by atoms with van der Waals surface area (Å²) in [5, 5.41) is 3.04. The highest BCUT2D eigenvalue weighted by Crippen LogP contribution is 2.29. The van der Waals surface area contributed by atoms with Crippen LogP contribution < -0.4 is 14.8 Å². The average Bonchev–Trinajstić information content (AvgIpc) is 2.85. The molecule has 0 aliphatic carbocycles. The van der Waals surface area contributed by atoms with Crippen LogP contribution in [-0.4, -0.2) is 24.1 Å². The predicted molar refractivity (Wildman–Crippen MR) is 128 cm³/mol. The third-order valence-electron chi connectivity index (χ3n) is 5.49. The largest absolute Gasteiger partial charge is 0.493 e. The van der Waals surface area contributed by atoms with Crippen molar-refractivity contribution < 1.29 is 14.3 Å². The van der Waals surface area contributed by atoms with Crippen molar-refractivity contribution >= 4 is 6.03 Å². The summed E-state index contributed by atoms with van der Waals surface area (Å²) in [7, 11) is 1.63. The fourth-order valence-electron chi connectivity index (χ4n) is 3.38. The van der Waals surface area contributed by atoms with Crippen LogP contribution in [0.1, 0.15) is 37.0 Å². The Kier molecular flexibility index (Phi) is 8.55. The van der Waals surface area contributed by atoms with Crippen molar-refractivity contribution in [3.63, 3.8) is 0 Å². The number of benzene rings is 3. The number of carbonyl (C=O) groups excluding carboxylic acids is 1. The predicted octanol–water partition coefficient (Wildman–Crippen LogP) is 5.78. The maximum absolute atomic E-state index is 13.0. The molecule has 0 saturated heterocycles. The highest BCUT2D eigenvalue weighted by molar-refractivity contribution is 5.74. The highest BCUT2D eigenvalue weighted by Gasteiger charge is 2.20. The number of rotatable bonds is 10. The van der Waals surface area contributed by atoms with E-state index in [0.717, 1.165) is 23.1 Å². The summed E-state index contributed by atoms with van der Waals surface area (Å²) in [4.78, 5) is 14.8. The van der Waals surface area contributed by atoms with Crippen LogP contribution in [0, 0.1) is 0 Å². The van der Waals surface area contributed by atoms with Gasteiger partial charge in [-0.25, -0.2) is 4.79 Å². The van der Waals surface area contributed by atoms with Gasteiger partial charge in [0.05, 0.1) is 7.11 Å². The lowest BCUT2D eigenvalue weighted by atomic mass is 10.1. The maximum Gasteiger partial charge on any atom is 0.318 e. The molecule has 168 valence electrons. The Balaban J connectivity index is 1.67. The second kappa shape index (κ2) is 11.8. The first-order valence-corrected chi connectivity index (χ1v) is 11.0. The minimum absolute atomic E-state index is 0.0772. The van der Waals surface area contributed by atoms with E-state index < -0.39 is 0 Å². The number of urea groups is 1. The molecule has 0 aliphatic rings. The van der Waals surface area contributed by atoms with Gasteiger partial charge in [0.15, 0.2) is 11.5 Å². The molecular formula is C27H32N2O3. The molecule has 5 heteroatoms. The summed E-state index contributed by atoms with van der Waals surface area (Å²) < 4.78 is 11.5. The summed E-state index contributed by atoms with van der Waals surface area (Å²) in [5.74, 6) is 1.34. The van der Waals surface area contributed by atoms with E-state index in [1.165, 1.54) is 0 Å². The molecule has 0 aromatic heterocycles. The van der Waals surface area contributed by atoms with E-state index in [1.54, 1.807) is 7.11 Å². The second-order valence-electron chi connectivity index (χ2n) is 7.79. The van der Waals surface area contributed by atoms with Crippen LogP contribution in [0.25, 0.3) is 0 Å². The third-order valence-corrected chi connectivity index (χ3v) is 5.49. The smallest absolute Gasteiger partial charge is 0.318 e. The average molecular weight is 433 g/mol. The number of carbonyl (C=O) groups is 1. The van der Waals surface area contributed by atoms with Gasteiger partial charge in [-0.3, -0.25) is 0 Å². The van der Waals surface area contributed by atoms with Gasteiger partial charge < -0.3 is 19.7 Å². The van der Waals surface area contributed by atoms with Gasteiger partial charge in [0, 0.05) is 19.1 Å². The SMILES string of the molecule is CCC(C)N(Cc1ccc(OCc2ccccc2)c(OC)c1)C(=O)NCc1ccccc1. The van der Waals surface area contributed by atoms with E-state index in [1.807, 2.05) is 83.8 Å². The van der Waals surface area contributed by atoms with Gasteiger partial charge in [-0.15, -0.1) is 0 Å². The number of hydrogen-bond donors (Lipinski definition) is 1. The molecule has 5 nitrogen and oxygen atoms in total.